The first-order valence-electron chi connectivity index (χ1n) is 6.02. The van der Waals surface area contributed by atoms with Gasteiger partial charge in [0.1, 0.15) is 11.6 Å². The molecule has 0 saturated carbocycles. The van der Waals surface area contributed by atoms with Crippen molar-refractivity contribution < 1.29 is 4.74 Å². The Hall–Kier alpha value is -2.56. The molecular weight excluding hydrogens is 240 g/mol. The smallest absolute Gasteiger partial charge is 0.265 e. The second kappa shape index (κ2) is 4.61. The van der Waals surface area contributed by atoms with Crippen molar-refractivity contribution in [2.75, 3.05) is 12.4 Å². The molecule has 19 heavy (non-hydrogen) atoms. The number of hydrogen-bond acceptors (Lipinski definition) is 4. The minimum absolute atomic E-state index is 0.487. The van der Waals surface area contributed by atoms with Crippen LogP contribution < -0.4 is 10.1 Å². The van der Waals surface area contributed by atoms with Crippen molar-refractivity contribution in [1.29, 1.82) is 0 Å². The molecule has 0 atom stereocenters. The largest absolute Gasteiger partial charge is 0.436 e. The highest BCUT2D eigenvalue weighted by molar-refractivity contribution is 5.54. The molecule has 3 rings (SSSR count). The molecule has 0 aliphatic rings. The maximum atomic E-state index is 5.81. The summed E-state index contributed by atoms with van der Waals surface area (Å²) in [5.74, 6) is 1.96. The van der Waals surface area contributed by atoms with E-state index in [4.69, 9.17) is 4.74 Å². The summed E-state index contributed by atoms with van der Waals surface area (Å²) in [6.07, 6.45) is 5.45. The van der Waals surface area contributed by atoms with Crippen molar-refractivity contribution in [1.82, 2.24) is 14.4 Å². The van der Waals surface area contributed by atoms with Gasteiger partial charge in [-0.05, 0) is 19.1 Å². The van der Waals surface area contributed by atoms with Gasteiger partial charge >= 0.3 is 0 Å². The second-order valence-corrected chi connectivity index (χ2v) is 4.25. The molecule has 2 aromatic heterocycles. The van der Waals surface area contributed by atoms with Crippen molar-refractivity contribution in [3.63, 3.8) is 0 Å². The zero-order valence-electron chi connectivity index (χ0n) is 10.8. The first kappa shape index (κ1) is 11.5. The molecule has 0 spiro atoms. The van der Waals surface area contributed by atoms with E-state index in [2.05, 4.69) is 15.3 Å². The van der Waals surface area contributed by atoms with Crippen molar-refractivity contribution in [2.45, 2.75) is 6.92 Å². The number of aryl methyl sites for hydroxylation is 1. The fraction of sp³-hybridized carbons (Fsp3) is 0.143. The summed E-state index contributed by atoms with van der Waals surface area (Å²) in [4.78, 5) is 8.65. The lowest BCUT2D eigenvalue weighted by Gasteiger charge is -2.08. The zero-order valence-corrected chi connectivity index (χ0v) is 10.8. The third-order valence-corrected chi connectivity index (χ3v) is 2.83. The monoisotopic (exact) mass is 254 g/mol. The van der Waals surface area contributed by atoms with Gasteiger partial charge in [0, 0.05) is 19.4 Å². The van der Waals surface area contributed by atoms with Crippen LogP contribution in [0.3, 0.4) is 0 Å². The molecule has 0 unspecified atom stereocenters. The predicted molar refractivity (Wildman–Crippen MR) is 73.8 cm³/mol. The third-order valence-electron chi connectivity index (χ3n) is 2.83. The van der Waals surface area contributed by atoms with E-state index in [1.165, 1.54) is 5.56 Å². The number of anilines is 1. The van der Waals surface area contributed by atoms with Crippen LogP contribution >= 0.6 is 0 Å². The van der Waals surface area contributed by atoms with Crippen LogP contribution in [-0.2, 0) is 0 Å². The van der Waals surface area contributed by atoms with Crippen LogP contribution in [0.1, 0.15) is 5.56 Å². The van der Waals surface area contributed by atoms with E-state index >= 15 is 0 Å². The van der Waals surface area contributed by atoms with Crippen LogP contribution in [0, 0.1) is 6.92 Å². The molecule has 0 saturated heterocycles. The summed E-state index contributed by atoms with van der Waals surface area (Å²) in [5.41, 5.74) is 1.88. The Kier molecular flexibility index (Phi) is 2.79. The molecule has 0 radical (unpaired) electrons. The van der Waals surface area contributed by atoms with Gasteiger partial charge in [-0.3, -0.25) is 4.40 Å². The Morgan fingerprint density at radius 1 is 1.21 bits per heavy atom. The van der Waals surface area contributed by atoms with E-state index in [0.717, 1.165) is 11.6 Å². The molecule has 5 nitrogen and oxygen atoms in total. The van der Waals surface area contributed by atoms with Gasteiger partial charge in [-0.1, -0.05) is 17.7 Å². The van der Waals surface area contributed by atoms with Gasteiger partial charge in [-0.15, -0.1) is 0 Å². The zero-order chi connectivity index (χ0) is 13.2. The number of hydrogen-bond donors (Lipinski definition) is 1. The number of benzene rings is 1. The van der Waals surface area contributed by atoms with E-state index in [-0.39, 0.29) is 0 Å². The van der Waals surface area contributed by atoms with Gasteiger partial charge < -0.3 is 10.1 Å². The standard InChI is InChI=1S/C14H14N4O/c1-10-3-5-11(6-4-10)19-14-13-16-7-8-18(13)9-12(15-2)17-14/h3-9,15H,1-2H3. The van der Waals surface area contributed by atoms with Crippen LogP contribution in [0.2, 0.25) is 0 Å². The number of aromatic nitrogens is 3. The van der Waals surface area contributed by atoms with E-state index in [9.17, 15) is 0 Å². The maximum Gasteiger partial charge on any atom is 0.265 e. The van der Waals surface area contributed by atoms with E-state index in [1.54, 1.807) is 6.20 Å². The summed E-state index contributed by atoms with van der Waals surface area (Å²) in [5, 5.41) is 3.00. The Balaban J connectivity index is 2.03. The molecular formula is C14H14N4O. The molecule has 96 valence electrons. The predicted octanol–water partition coefficient (Wildman–Crippen LogP) is 2.87. The maximum absolute atomic E-state index is 5.81. The minimum Gasteiger partial charge on any atom is -0.436 e. The minimum atomic E-state index is 0.487. The molecule has 2 heterocycles. The van der Waals surface area contributed by atoms with Crippen molar-refractivity contribution in [2.24, 2.45) is 0 Å². The number of imidazole rings is 1. The SMILES string of the molecule is CNc1cn2ccnc2c(Oc2ccc(C)cc2)n1. The van der Waals surface area contributed by atoms with E-state index in [1.807, 2.05) is 55.0 Å². The van der Waals surface area contributed by atoms with Gasteiger partial charge in [0.15, 0.2) is 0 Å². The van der Waals surface area contributed by atoms with Crippen LogP contribution in [0.15, 0.2) is 42.9 Å². The first-order chi connectivity index (χ1) is 9.26. The summed E-state index contributed by atoms with van der Waals surface area (Å²) in [6, 6.07) is 7.84. The topological polar surface area (TPSA) is 51.5 Å². The number of rotatable bonds is 3. The number of ether oxygens (including phenoxy) is 1. The highest BCUT2D eigenvalue weighted by Gasteiger charge is 2.09. The van der Waals surface area contributed by atoms with Crippen molar-refractivity contribution >= 4 is 11.5 Å². The highest BCUT2D eigenvalue weighted by Crippen LogP contribution is 2.24. The summed E-state index contributed by atoms with van der Waals surface area (Å²) < 4.78 is 7.69. The molecule has 5 heteroatoms. The molecule has 0 aliphatic heterocycles. The van der Waals surface area contributed by atoms with E-state index < -0.39 is 0 Å². The second-order valence-electron chi connectivity index (χ2n) is 4.25. The van der Waals surface area contributed by atoms with Gasteiger partial charge in [0.2, 0.25) is 5.65 Å². The average Bonchev–Trinajstić information content (AvgIpc) is 2.89. The lowest BCUT2D eigenvalue weighted by atomic mass is 10.2. The summed E-state index contributed by atoms with van der Waals surface area (Å²) >= 11 is 0. The molecule has 0 amide bonds. The van der Waals surface area contributed by atoms with Crippen molar-refractivity contribution in [3.05, 3.63) is 48.4 Å². The summed E-state index contributed by atoms with van der Waals surface area (Å²) in [7, 11) is 1.82. The molecule has 0 fully saturated rings. The third kappa shape index (κ3) is 2.22. The fourth-order valence-electron chi connectivity index (χ4n) is 1.81. The van der Waals surface area contributed by atoms with E-state index in [0.29, 0.717) is 11.5 Å². The number of nitrogens with one attached hydrogen (secondary N) is 1. The average molecular weight is 254 g/mol. The molecule has 3 aromatic rings. The highest BCUT2D eigenvalue weighted by atomic mass is 16.5. The summed E-state index contributed by atoms with van der Waals surface area (Å²) in [6.45, 7) is 2.04. The van der Waals surface area contributed by atoms with Crippen LogP contribution in [0.25, 0.3) is 5.65 Å². The lowest BCUT2D eigenvalue weighted by molar-refractivity contribution is 0.465. The van der Waals surface area contributed by atoms with Crippen LogP contribution in [0.5, 0.6) is 11.6 Å². The molecule has 1 aromatic carbocycles. The Morgan fingerprint density at radius 3 is 2.74 bits per heavy atom. The Bertz CT molecular complexity index is 703. The molecule has 1 N–H and O–H groups in total. The number of nitrogens with zero attached hydrogens (tertiary/aromatic N) is 3. The molecule has 0 bridgehead atoms. The van der Waals surface area contributed by atoms with Gasteiger partial charge in [-0.25, -0.2) is 4.98 Å². The number of fused-ring (bicyclic) bond motifs is 1. The van der Waals surface area contributed by atoms with Gasteiger partial charge in [-0.2, -0.15) is 4.98 Å². The fourth-order valence-corrected chi connectivity index (χ4v) is 1.81. The van der Waals surface area contributed by atoms with Crippen LogP contribution in [0.4, 0.5) is 5.82 Å². The normalized spacial score (nSPS) is 10.6. The molecule has 0 aliphatic carbocycles. The Labute approximate surface area is 110 Å². The van der Waals surface area contributed by atoms with Crippen molar-refractivity contribution in [3.8, 4) is 11.6 Å². The van der Waals surface area contributed by atoms with Gasteiger partial charge in [0.05, 0.1) is 6.20 Å². The quantitative estimate of drug-likeness (QED) is 0.780. The van der Waals surface area contributed by atoms with Crippen LogP contribution in [-0.4, -0.2) is 21.4 Å². The first-order valence-corrected chi connectivity index (χ1v) is 6.02. The van der Waals surface area contributed by atoms with Gasteiger partial charge in [0.25, 0.3) is 5.88 Å². The lowest BCUT2D eigenvalue weighted by Crippen LogP contribution is -1.99. The Morgan fingerprint density at radius 2 is 2.00 bits per heavy atom.